The van der Waals surface area contributed by atoms with Crippen LogP contribution < -0.4 is 16.0 Å². The predicted octanol–water partition coefficient (Wildman–Crippen LogP) is 0.361. The monoisotopic (exact) mass is 221 g/mol. The molecular weight excluding hydrogens is 210 g/mol. The van der Waals surface area contributed by atoms with Crippen LogP contribution in [0.4, 0.5) is 5.69 Å². The zero-order chi connectivity index (χ0) is 11.5. The second kappa shape index (κ2) is 4.05. The van der Waals surface area contributed by atoms with Crippen molar-refractivity contribution in [2.45, 2.75) is 13.5 Å². The minimum absolute atomic E-state index is 0.0493. The van der Waals surface area contributed by atoms with Gasteiger partial charge in [-0.15, -0.1) is 0 Å². The quantitative estimate of drug-likeness (QED) is 0.779. The lowest BCUT2D eigenvalue weighted by atomic mass is 10.5. The maximum Gasteiger partial charge on any atom is 0.277 e. The van der Waals surface area contributed by atoms with Crippen molar-refractivity contribution in [3.8, 4) is 11.6 Å². The lowest BCUT2D eigenvalue weighted by Gasteiger charge is -2.02. The molecule has 2 rings (SSSR count). The van der Waals surface area contributed by atoms with E-state index in [4.69, 9.17) is 10.5 Å². The Labute approximate surface area is 90.9 Å². The van der Waals surface area contributed by atoms with E-state index >= 15 is 0 Å². The van der Waals surface area contributed by atoms with E-state index in [1.165, 1.54) is 12.5 Å². The second-order valence-electron chi connectivity index (χ2n) is 3.08. The average molecular weight is 221 g/mol. The van der Waals surface area contributed by atoms with Crippen LogP contribution in [0.1, 0.15) is 6.92 Å². The molecule has 0 aliphatic carbocycles. The summed E-state index contributed by atoms with van der Waals surface area (Å²) < 4.78 is 7.03. The van der Waals surface area contributed by atoms with Crippen LogP contribution >= 0.6 is 0 Å². The Hall–Kier alpha value is -2.31. The number of nitrogens with one attached hydrogen (secondary N) is 1. The highest BCUT2D eigenvalue weighted by Gasteiger charge is 2.08. The van der Waals surface area contributed by atoms with Crippen LogP contribution in [0.2, 0.25) is 0 Å². The number of aromatic nitrogens is 4. The molecule has 0 aliphatic rings. The van der Waals surface area contributed by atoms with Crippen molar-refractivity contribution in [3.05, 3.63) is 29.1 Å². The first-order valence-corrected chi connectivity index (χ1v) is 4.74. The lowest BCUT2D eigenvalue weighted by molar-refractivity contribution is 0.462. The van der Waals surface area contributed by atoms with E-state index in [2.05, 4.69) is 15.1 Å². The molecular formula is C9H11N5O2. The summed E-state index contributed by atoms with van der Waals surface area (Å²) in [4.78, 5) is 17.3. The second-order valence-corrected chi connectivity index (χ2v) is 3.08. The van der Waals surface area contributed by atoms with Crippen molar-refractivity contribution in [1.82, 2.24) is 19.7 Å². The highest BCUT2D eigenvalue weighted by Crippen LogP contribution is 2.20. The van der Waals surface area contributed by atoms with Gasteiger partial charge in [0.2, 0.25) is 5.88 Å². The smallest absolute Gasteiger partial charge is 0.277 e. The molecule has 0 bridgehead atoms. The molecule has 7 nitrogen and oxygen atoms in total. The van der Waals surface area contributed by atoms with Crippen LogP contribution in [0.5, 0.6) is 11.6 Å². The van der Waals surface area contributed by atoms with Gasteiger partial charge < -0.3 is 15.5 Å². The molecule has 7 heteroatoms. The van der Waals surface area contributed by atoms with Gasteiger partial charge in [-0.25, -0.2) is 4.98 Å². The number of aromatic amines is 1. The predicted molar refractivity (Wildman–Crippen MR) is 57.2 cm³/mol. The van der Waals surface area contributed by atoms with Gasteiger partial charge in [0.1, 0.15) is 0 Å². The van der Waals surface area contributed by atoms with Crippen LogP contribution in [-0.2, 0) is 6.54 Å². The van der Waals surface area contributed by atoms with E-state index in [0.717, 1.165) is 6.54 Å². The zero-order valence-electron chi connectivity index (χ0n) is 8.67. The van der Waals surface area contributed by atoms with Gasteiger partial charge in [0.25, 0.3) is 5.56 Å². The fraction of sp³-hybridized carbons (Fsp3) is 0.222. The molecule has 2 aromatic heterocycles. The van der Waals surface area contributed by atoms with Crippen LogP contribution in [0.15, 0.2) is 23.5 Å². The molecule has 0 unspecified atom stereocenters. The minimum Gasteiger partial charge on any atom is -0.434 e. The first kappa shape index (κ1) is 10.2. The SMILES string of the molecule is CCn1cc(Oc2nc[nH]c(=O)c2N)cn1. The molecule has 0 fully saturated rings. The summed E-state index contributed by atoms with van der Waals surface area (Å²) in [7, 11) is 0. The molecule has 0 atom stereocenters. The van der Waals surface area contributed by atoms with Gasteiger partial charge in [0.05, 0.1) is 18.7 Å². The van der Waals surface area contributed by atoms with Crippen molar-refractivity contribution in [3.63, 3.8) is 0 Å². The zero-order valence-corrected chi connectivity index (χ0v) is 8.67. The summed E-state index contributed by atoms with van der Waals surface area (Å²) >= 11 is 0. The van der Waals surface area contributed by atoms with Crippen LogP contribution in [-0.4, -0.2) is 19.7 Å². The Kier molecular flexibility index (Phi) is 2.59. The van der Waals surface area contributed by atoms with E-state index in [1.54, 1.807) is 10.9 Å². The van der Waals surface area contributed by atoms with Crippen LogP contribution in [0.25, 0.3) is 0 Å². The highest BCUT2D eigenvalue weighted by molar-refractivity contribution is 5.46. The number of nitrogens with two attached hydrogens (primary N) is 1. The third kappa shape index (κ3) is 1.88. The summed E-state index contributed by atoms with van der Waals surface area (Å²) in [5, 5.41) is 4.02. The van der Waals surface area contributed by atoms with E-state index in [1.807, 2.05) is 6.92 Å². The molecule has 0 amide bonds. The van der Waals surface area contributed by atoms with Crippen molar-refractivity contribution in [2.24, 2.45) is 0 Å². The number of hydrogen-bond acceptors (Lipinski definition) is 5. The molecule has 0 saturated carbocycles. The van der Waals surface area contributed by atoms with Crippen molar-refractivity contribution in [2.75, 3.05) is 5.73 Å². The van der Waals surface area contributed by atoms with E-state index < -0.39 is 5.56 Å². The number of H-pyrrole nitrogens is 1. The summed E-state index contributed by atoms with van der Waals surface area (Å²) in [6, 6.07) is 0. The molecule has 2 heterocycles. The number of ether oxygens (including phenoxy) is 1. The van der Waals surface area contributed by atoms with Crippen LogP contribution in [0, 0.1) is 0 Å². The maximum atomic E-state index is 11.2. The third-order valence-electron chi connectivity index (χ3n) is 2.00. The van der Waals surface area contributed by atoms with Crippen molar-refractivity contribution >= 4 is 5.69 Å². The Morgan fingerprint density at radius 1 is 1.62 bits per heavy atom. The third-order valence-corrected chi connectivity index (χ3v) is 2.00. The molecule has 84 valence electrons. The Bertz CT molecular complexity index is 545. The molecule has 0 radical (unpaired) electrons. The van der Waals surface area contributed by atoms with E-state index in [9.17, 15) is 4.79 Å². The maximum absolute atomic E-state index is 11.2. The average Bonchev–Trinajstić information content (AvgIpc) is 2.73. The molecule has 0 spiro atoms. The van der Waals surface area contributed by atoms with Crippen molar-refractivity contribution in [1.29, 1.82) is 0 Å². The van der Waals surface area contributed by atoms with E-state index in [-0.39, 0.29) is 11.6 Å². The molecule has 2 aromatic rings. The largest absolute Gasteiger partial charge is 0.434 e. The topological polar surface area (TPSA) is 98.8 Å². The van der Waals surface area contributed by atoms with Gasteiger partial charge in [-0.05, 0) is 6.92 Å². The van der Waals surface area contributed by atoms with Gasteiger partial charge in [-0.2, -0.15) is 5.10 Å². The van der Waals surface area contributed by atoms with E-state index in [0.29, 0.717) is 5.75 Å². The number of nitrogen functional groups attached to an aromatic ring is 1. The number of aryl methyl sites for hydroxylation is 1. The highest BCUT2D eigenvalue weighted by atomic mass is 16.5. The first-order chi connectivity index (χ1) is 7.70. The minimum atomic E-state index is -0.423. The standard InChI is InChI=1S/C9H11N5O2/c1-2-14-4-6(3-13-14)16-9-7(10)8(15)11-5-12-9/h3-5H,2,10H2,1H3,(H,11,12,15). The number of hydrogen-bond donors (Lipinski definition) is 2. The Balaban J connectivity index is 2.27. The number of nitrogens with zero attached hydrogens (tertiary/aromatic N) is 3. The van der Waals surface area contributed by atoms with Gasteiger partial charge >= 0.3 is 0 Å². The lowest BCUT2D eigenvalue weighted by Crippen LogP contribution is -2.13. The van der Waals surface area contributed by atoms with Crippen LogP contribution in [0.3, 0.4) is 0 Å². The summed E-state index contributed by atoms with van der Waals surface area (Å²) in [6.07, 6.45) is 4.46. The first-order valence-electron chi connectivity index (χ1n) is 4.74. The molecule has 0 aromatic carbocycles. The molecule has 16 heavy (non-hydrogen) atoms. The fourth-order valence-corrected chi connectivity index (χ4v) is 1.16. The van der Waals surface area contributed by atoms with Gasteiger partial charge in [0, 0.05) is 6.54 Å². The van der Waals surface area contributed by atoms with Gasteiger partial charge in [0.15, 0.2) is 11.4 Å². The summed E-state index contributed by atoms with van der Waals surface area (Å²) in [5.74, 6) is 0.575. The number of anilines is 1. The van der Waals surface area contributed by atoms with Crippen molar-refractivity contribution < 1.29 is 4.74 Å². The molecule has 0 aliphatic heterocycles. The Morgan fingerprint density at radius 2 is 2.44 bits per heavy atom. The molecule has 3 N–H and O–H groups in total. The van der Waals surface area contributed by atoms with Gasteiger partial charge in [-0.3, -0.25) is 9.48 Å². The Morgan fingerprint density at radius 3 is 3.12 bits per heavy atom. The number of rotatable bonds is 3. The summed E-state index contributed by atoms with van der Waals surface area (Å²) in [6.45, 7) is 2.69. The normalized spacial score (nSPS) is 10.3. The molecule has 0 saturated heterocycles. The van der Waals surface area contributed by atoms with Gasteiger partial charge in [-0.1, -0.05) is 0 Å². The fourth-order valence-electron chi connectivity index (χ4n) is 1.16. The summed E-state index contributed by atoms with van der Waals surface area (Å²) in [5.41, 5.74) is 5.04.